The number of nitrogens with zero attached hydrogens (tertiary/aromatic N) is 3. The van der Waals surface area contributed by atoms with Crippen LogP contribution < -0.4 is 4.74 Å². The van der Waals surface area contributed by atoms with Crippen LogP contribution in [0.2, 0.25) is 0 Å². The lowest BCUT2D eigenvalue weighted by Gasteiger charge is -2.26. The predicted octanol–water partition coefficient (Wildman–Crippen LogP) is 4.41. The van der Waals surface area contributed by atoms with E-state index in [0.717, 1.165) is 48.8 Å². The van der Waals surface area contributed by atoms with Crippen molar-refractivity contribution in [1.29, 1.82) is 0 Å². The number of aromatic nitrogens is 2. The fraction of sp³-hybridized carbons (Fsp3) is 0.286. The molecule has 3 heterocycles. The first kappa shape index (κ1) is 16.7. The average molecular weight is 379 g/mol. The Morgan fingerprint density at radius 2 is 2.00 bits per heavy atom. The lowest BCUT2D eigenvalue weighted by atomic mass is 10.1. The second-order valence-electron chi connectivity index (χ2n) is 6.88. The molecule has 27 heavy (non-hydrogen) atoms. The van der Waals surface area contributed by atoms with Crippen molar-refractivity contribution in [2.45, 2.75) is 6.54 Å². The van der Waals surface area contributed by atoms with Gasteiger partial charge in [0.05, 0.1) is 28.9 Å². The van der Waals surface area contributed by atoms with Crippen LogP contribution in [-0.4, -0.2) is 40.8 Å². The Kier molecular flexibility index (Phi) is 4.32. The van der Waals surface area contributed by atoms with Crippen LogP contribution in [0.4, 0.5) is 0 Å². The number of morpholine rings is 1. The standard InChI is InChI=1S/C21H21N3O2S/c1-23-13-15(14-24-8-10-25-11-9-24)17-7-6-16(12-19(17)23)26-21-22-18-4-2-3-5-20(18)27-21/h2-7,12-13H,8-11,14H2,1H3. The second-order valence-corrected chi connectivity index (χ2v) is 7.88. The molecule has 0 atom stereocenters. The lowest BCUT2D eigenvalue weighted by Crippen LogP contribution is -2.35. The molecule has 0 N–H and O–H groups in total. The Labute approximate surface area is 161 Å². The molecule has 5 nitrogen and oxygen atoms in total. The molecule has 138 valence electrons. The van der Waals surface area contributed by atoms with E-state index in [1.807, 2.05) is 24.3 Å². The Hall–Kier alpha value is -2.41. The Bertz CT molecular complexity index is 1060. The molecule has 0 radical (unpaired) electrons. The summed E-state index contributed by atoms with van der Waals surface area (Å²) in [7, 11) is 2.09. The van der Waals surface area contributed by atoms with Gasteiger partial charge in [0, 0.05) is 44.3 Å². The maximum absolute atomic E-state index is 6.05. The summed E-state index contributed by atoms with van der Waals surface area (Å²) in [5.74, 6) is 0.820. The van der Waals surface area contributed by atoms with Gasteiger partial charge in [0.25, 0.3) is 5.19 Å². The number of para-hydroxylation sites is 1. The maximum Gasteiger partial charge on any atom is 0.279 e. The normalized spacial score (nSPS) is 15.6. The topological polar surface area (TPSA) is 39.5 Å². The molecule has 1 aliphatic heterocycles. The fourth-order valence-electron chi connectivity index (χ4n) is 3.63. The first-order valence-corrected chi connectivity index (χ1v) is 9.99. The lowest BCUT2D eigenvalue weighted by molar-refractivity contribution is 0.0343. The maximum atomic E-state index is 6.05. The quantitative estimate of drug-likeness (QED) is 0.526. The zero-order valence-electron chi connectivity index (χ0n) is 15.2. The van der Waals surface area contributed by atoms with Crippen LogP contribution >= 0.6 is 11.3 Å². The van der Waals surface area contributed by atoms with Gasteiger partial charge in [0.2, 0.25) is 0 Å². The minimum atomic E-state index is 0.679. The Morgan fingerprint density at radius 1 is 1.15 bits per heavy atom. The second kappa shape index (κ2) is 6.96. The molecular formula is C21H21N3O2S. The molecule has 1 fully saturated rings. The van der Waals surface area contributed by atoms with Crippen LogP contribution in [0.1, 0.15) is 5.56 Å². The van der Waals surface area contributed by atoms with Gasteiger partial charge in [-0.25, -0.2) is 4.98 Å². The van der Waals surface area contributed by atoms with Crippen molar-refractivity contribution >= 4 is 32.5 Å². The van der Waals surface area contributed by atoms with Gasteiger partial charge in [-0.2, -0.15) is 0 Å². The molecule has 2 aromatic carbocycles. The van der Waals surface area contributed by atoms with Gasteiger partial charge >= 0.3 is 0 Å². The molecule has 2 aromatic heterocycles. The molecule has 6 heteroatoms. The molecule has 0 spiro atoms. The minimum absolute atomic E-state index is 0.679. The number of benzene rings is 2. The smallest absolute Gasteiger partial charge is 0.279 e. The highest BCUT2D eigenvalue weighted by Crippen LogP contribution is 2.33. The first-order valence-electron chi connectivity index (χ1n) is 9.18. The molecule has 1 aliphatic rings. The molecule has 0 saturated carbocycles. The van der Waals surface area contributed by atoms with Gasteiger partial charge in [-0.3, -0.25) is 4.90 Å². The van der Waals surface area contributed by atoms with Gasteiger partial charge in [0.15, 0.2) is 0 Å². The highest BCUT2D eigenvalue weighted by atomic mass is 32.1. The predicted molar refractivity (Wildman–Crippen MR) is 109 cm³/mol. The summed E-state index contributed by atoms with van der Waals surface area (Å²) < 4.78 is 14.8. The van der Waals surface area contributed by atoms with E-state index in [1.54, 1.807) is 11.3 Å². The van der Waals surface area contributed by atoms with Crippen molar-refractivity contribution in [2.24, 2.45) is 7.05 Å². The zero-order valence-corrected chi connectivity index (χ0v) is 16.0. The highest BCUT2D eigenvalue weighted by Gasteiger charge is 2.15. The van der Waals surface area contributed by atoms with Gasteiger partial charge in [-0.05, 0) is 29.8 Å². The van der Waals surface area contributed by atoms with Gasteiger partial charge < -0.3 is 14.0 Å². The third-order valence-electron chi connectivity index (χ3n) is 5.02. The van der Waals surface area contributed by atoms with Crippen molar-refractivity contribution in [2.75, 3.05) is 26.3 Å². The van der Waals surface area contributed by atoms with Gasteiger partial charge in [-0.1, -0.05) is 23.5 Å². The van der Waals surface area contributed by atoms with Crippen molar-refractivity contribution in [3.05, 3.63) is 54.2 Å². The van der Waals surface area contributed by atoms with E-state index in [4.69, 9.17) is 9.47 Å². The third-order valence-corrected chi connectivity index (χ3v) is 5.94. The summed E-state index contributed by atoms with van der Waals surface area (Å²) in [6.07, 6.45) is 2.22. The van der Waals surface area contributed by atoms with Crippen LogP contribution in [0.3, 0.4) is 0 Å². The van der Waals surface area contributed by atoms with Crippen molar-refractivity contribution in [1.82, 2.24) is 14.5 Å². The SMILES string of the molecule is Cn1cc(CN2CCOCC2)c2ccc(Oc3nc4ccccc4s3)cc21. The largest absolute Gasteiger partial charge is 0.431 e. The number of ether oxygens (including phenoxy) is 2. The highest BCUT2D eigenvalue weighted by molar-refractivity contribution is 7.20. The molecule has 4 aromatic rings. The monoisotopic (exact) mass is 379 g/mol. The van der Waals surface area contributed by atoms with Crippen LogP contribution in [0.25, 0.3) is 21.1 Å². The number of fused-ring (bicyclic) bond motifs is 2. The fourth-order valence-corrected chi connectivity index (χ4v) is 4.47. The van der Waals surface area contributed by atoms with Crippen LogP contribution in [0.5, 0.6) is 10.9 Å². The van der Waals surface area contributed by atoms with E-state index in [0.29, 0.717) is 5.19 Å². The Morgan fingerprint density at radius 3 is 2.85 bits per heavy atom. The summed E-state index contributed by atoms with van der Waals surface area (Å²) >= 11 is 1.57. The van der Waals surface area contributed by atoms with Crippen molar-refractivity contribution in [3.8, 4) is 10.9 Å². The number of thiazole rings is 1. The van der Waals surface area contributed by atoms with E-state index >= 15 is 0 Å². The number of hydrogen-bond donors (Lipinski definition) is 0. The molecular weight excluding hydrogens is 358 g/mol. The van der Waals surface area contributed by atoms with Crippen LogP contribution in [0, 0.1) is 0 Å². The van der Waals surface area contributed by atoms with Gasteiger partial charge in [0.1, 0.15) is 5.75 Å². The number of aryl methyl sites for hydroxylation is 1. The molecule has 0 unspecified atom stereocenters. The van der Waals surface area contributed by atoms with E-state index in [1.165, 1.54) is 16.5 Å². The van der Waals surface area contributed by atoms with E-state index in [2.05, 4.69) is 45.9 Å². The summed E-state index contributed by atoms with van der Waals surface area (Å²) in [6, 6.07) is 14.4. The van der Waals surface area contributed by atoms with E-state index in [9.17, 15) is 0 Å². The van der Waals surface area contributed by atoms with Crippen molar-refractivity contribution < 1.29 is 9.47 Å². The van der Waals surface area contributed by atoms with Crippen LogP contribution in [0.15, 0.2) is 48.7 Å². The van der Waals surface area contributed by atoms with Crippen LogP contribution in [-0.2, 0) is 18.3 Å². The Balaban J connectivity index is 1.42. The molecule has 0 bridgehead atoms. The van der Waals surface area contributed by atoms with E-state index in [-0.39, 0.29) is 0 Å². The summed E-state index contributed by atoms with van der Waals surface area (Å²) in [5, 5.41) is 1.96. The third kappa shape index (κ3) is 3.32. The number of hydrogen-bond acceptors (Lipinski definition) is 5. The average Bonchev–Trinajstić information content (AvgIpc) is 3.23. The number of rotatable bonds is 4. The zero-order chi connectivity index (χ0) is 18.2. The first-order chi connectivity index (χ1) is 13.3. The van der Waals surface area contributed by atoms with Crippen molar-refractivity contribution in [3.63, 3.8) is 0 Å². The minimum Gasteiger partial charge on any atom is -0.431 e. The molecule has 0 amide bonds. The molecule has 1 saturated heterocycles. The summed E-state index contributed by atoms with van der Waals surface area (Å²) in [4.78, 5) is 7.01. The molecule has 5 rings (SSSR count). The van der Waals surface area contributed by atoms with Gasteiger partial charge in [-0.15, -0.1) is 0 Å². The molecule has 0 aliphatic carbocycles. The van der Waals surface area contributed by atoms with E-state index < -0.39 is 0 Å². The summed E-state index contributed by atoms with van der Waals surface area (Å²) in [5.41, 5.74) is 3.50. The summed E-state index contributed by atoms with van der Waals surface area (Å²) in [6.45, 7) is 4.60.